The fourth-order valence-electron chi connectivity index (χ4n) is 3.76. The maximum Gasteiger partial charge on any atom is 0.321 e. The van der Waals surface area contributed by atoms with Crippen molar-refractivity contribution in [2.24, 2.45) is 0 Å². The molecule has 0 saturated carbocycles. The first kappa shape index (κ1) is 19.4. The number of hydrogen-bond acceptors (Lipinski definition) is 3. The van der Waals surface area contributed by atoms with E-state index >= 15 is 0 Å². The lowest BCUT2D eigenvalue weighted by molar-refractivity contribution is 0.183. The lowest BCUT2D eigenvalue weighted by Crippen LogP contribution is -2.44. The minimum atomic E-state index is -3.69. The predicted molar refractivity (Wildman–Crippen MR) is 106 cm³/mol. The van der Waals surface area contributed by atoms with Gasteiger partial charge in [-0.3, -0.25) is 4.90 Å². The van der Waals surface area contributed by atoms with Crippen LogP contribution in [0.2, 0.25) is 0 Å². The van der Waals surface area contributed by atoms with Crippen LogP contribution in [0.4, 0.5) is 4.79 Å². The Labute approximate surface area is 161 Å². The fraction of sp³-hybridized carbons (Fsp3) is 0.381. The van der Waals surface area contributed by atoms with Gasteiger partial charge in [0, 0.05) is 7.05 Å². The van der Waals surface area contributed by atoms with Gasteiger partial charge in [0.1, 0.15) is 5.37 Å². The first-order valence-corrected chi connectivity index (χ1v) is 10.7. The third-order valence-corrected chi connectivity index (χ3v) is 7.60. The first-order valence-electron chi connectivity index (χ1n) is 9.19. The van der Waals surface area contributed by atoms with Crippen LogP contribution in [-0.4, -0.2) is 42.7 Å². The molecule has 3 unspecified atom stereocenters. The van der Waals surface area contributed by atoms with Gasteiger partial charge in [-0.15, -0.1) is 0 Å². The minimum Gasteiger partial charge on any atom is -0.323 e. The van der Waals surface area contributed by atoms with Gasteiger partial charge < -0.3 is 4.90 Å². The van der Waals surface area contributed by atoms with E-state index in [2.05, 4.69) is 0 Å². The molecule has 3 rings (SSSR count). The lowest BCUT2D eigenvalue weighted by Gasteiger charge is -2.32. The lowest BCUT2D eigenvalue weighted by atomic mass is 10.0. The zero-order chi connectivity index (χ0) is 19.8. The average Bonchev–Trinajstić information content (AvgIpc) is 2.87. The van der Waals surface area contributed by atoms with Crippen molar-refractivity contribution >= 4 is 15.9 Å². The molecule has 0 aliphatic carbocycles. The molecule has 5 nitrogen and oxygen atoms in total. The Hall–Kier alpha value is -2.34. The highest BCUT2D eigenvalue weighted by Gasteiger charge is 2.48. The van der Waals surface area contributed by atoms with Gasteiger partial charge in [-0.05, 0) is 38.0 Å². The van der Waals surface area contributed by atoms with Crippen LogP contribution in [0, 0.1) is 6.92 Å². The molecular weight excluding hydrogens is 360 g/mol. The molecule has 1 heterocycles. The van der Waals surface area contributed by atoms with E-state index in [0.717, 1.165) is 11.1 Å². The molecule has 1 aliphatic heterocycles. The molecule has 1 fully saturated rings. The van der Waals surface area contributed by atoms with Gasteiger partial charge in [-0.2, -0.15) is 0 Å². The number of sulfone groups is 1. The predicted octanol–water partition coefficient (Wildman–Crippen LogP) is 4.00. The molecule has 0 bridgehead atoms. The highest BCUT2D eigenvalue weighted by Crippen LogP contribution is 2.39. The van der Waals surface area contributed by atoms with E-state index in [9.17, 15) is 13.2 Å². The van der Waals surface area contributed by atoms with Crippen LogP contribution in [-0.2, 0) is 9.84 Å². The number of benzene rings is 2. The zero-order valence-corrected chi connectivity index (χ0v) is 17.0. The van der Waals surface area contributed by atoms with E-state index in [1.807, 2.05) is 51.1 Å². The van der Waals surface area contributed by atoms with Crippen molar-refractivity contribution in [2.45, 2.75) is 49.5 Å². The van der Waals surface area contributed by atoms with E-state index < -0.39 is 15.2 Å². The Balaban J connectivity index is 2.08. The summed E-state index contributed by atoms with van der Waals surface area (Å²) in [5, 5.41) is -0.912. The molecule has 2 aromatic rings. The Morgan fingerprint density at radius 3 is 2.19 bits per heavy atom. The molecule has 144 valence electrons. The van der Waals surface area contributed by atoms with Crippen molar-refractivity contribution < 1.29 is 13.2 Å². The van der Waals surface area contributed by atoms with Gasteiger partial charge in [0.05, 0.1) is 17.0 Å². The zero-order valence-electron chi connectivity index (χ0n) is 16.2. The summed E-state index contributed by atoms with van der Waals surface area (Å²) in [5.41, 5.74) is 1.94. The summed E-state index contributed by atoms with van der Waals surface area (Å²) in [6.45, 7) is 5.69. The smallest absolute Gasteiger partial charge is 0.321 e. The Kier molecular flexibility index (Phi) is 5.29. The maximum absolute atomic E-state index is 13.4. The molecule has 3 atom stereocenters. The van der Waals surface area contributed by atoms with Crippen molar-refractivity contribution in [3.05, 3.63) is 65.7 Å². The third kappa shape index (κ3) is 3.34. The van der Waals surface area contributed by atoms with Gasteiger partial charge in [-0.1, -0.05) is 55.0 Å². The summed E-state index contributed by atoms with van der Waals surface area (Å²) in [5.74, 6) is 0. The van der Waals surface area contributed by atoms with Gasteiger partial charge in [0.15, 0.2) is 9.84 Å². The number of carbonyl (C=O) groups excluding carboxylic acids is 1. The van der Waals surface area contributed by atoms with E-state index in [1.54, 1.807) is 41.1 Å². The first-order chi connectivity index (χ1) is 12.8. The van der Waals surface area contributed by atoms with Gasteiger partial charge in [-0.25, -0.2) is 13.2 Å². The molecule has 0 N–H and O–H groups in total. The molecule has 27 heavy (non-hydrogen) atoms. The van der Waals surface area contributed by atoms with Crippen molar-refractivity contribution in [2.75, 3.05) is 7.05 Å². The van der Waals surface area contributed by atoms with E-state index in [-0.39, 0.29) is 23.0 Å². The van der Waals surface area contributed by atoms with E-state index in [0.29, 0.717) is 6.42 Å². The topological polar surface area (TPSA) is 57.7 Å². The van der Waals surface area contributed by atoms with Gasteiger partial charge in [0.25, 0.3) is 0 Å². The number of likely N-dealkylation sites (N-methyl/N-ethyl adjacent to an activating group) is 1. The van der Waals surface area contributed by atoms with Gasteiger partial charge in [0.2, 0.25) is 0 Å². The molecule has 0 aromatic heterocycles. The third-order valence-electron chi connectivity index (χ3n) is 5.40. The normalized spacial score (nSPS) is 21.6. The van der Waals surface area contributed by atoms with E-state index in [4.69, 9.17) is 0 Å². The van der Waals surface area contributed by atoms with Crippen LogP contribution in [0.3, 0.4) is 0 Å². The number of rotatable bonds is 5. The molecule has 2 aromatic carbocycles. The summed E-state index contributed by atoms with van der Waals surface area (Å²) in [7, 11) is -1.96. The van der Waals surface area contributed by atoms with Crippen LogP contribution in [0.1, 0.15) is 37.4 Å². The van der Waals surface area contributed by atoms with Crippen molar-refractivity contribution in [3.8, 4) is 0 Å². The molecular formula is C21H26N2O3S. The van der Waals surface area contributed by atoms with Crippen LogP contribution < -0.4 is 0 Å². The van der Waals surface area contributed by atoms with E-state index in [1.165, 1.54) is 0 Å². The highest BCUT2D eigenvalue weighted by molar-refractivity contribution is 7.92. The summed E-state index contributed by atoms with van der Waals surface area (Å²) in [4.78, 5) is 16.5. The van der Waals surface area contributed by atoms with Crippen molar-refractivity contribution in [1.29, 1.82) is 0 Å². The highest BCUT2D eigenvalue weighted by atomic mass is 32.2. The number of aryl methyl sites for hydroxylation is 1. The molecule has 1 saturated heterocycles. The Bertz CT molecular complexity index is 910. The number of hydrogen-bond donors (Lipinski definition) is 0. The number of urea groups is 1. The van der Waals surface area contributed by atoms with Crippen molar-refractivity contribution in [1.82, 2.24) is 9.80 Å². The van der Waals surface area contributed by atoms with Crippen LogP contribution in [0.15, 0.2) is 59.5 Å². The maximum atomic E-state index is 13.4. The largest absolute Gasteiger partial charge is 0.323 e. The number of amides is 2. The SMILES string of the molecule is CCC(N1C(=O)N(C)C(C)C1c1ccccc1)S(=O)(=O)c1ccc(C)cc1. The monoisotopic (exact) mass is 386 g/mol. The summed E-state index contributed by atoms with van der Waals surface area (Å²) >= 11 is 0. The van der Waals surface area contributed by atoms with Crippen LogP contribution in [0.25, 0.3) is 0 Å². The number of carbonyl (C=O) groups is 1. The summed E-state index contributed by atoms with van der Waals surface area (Å²) in [6.07, 6.45) is 0.325. The van der Waals surface area contributed by atoms with Crippen LogP contribution in [0.5, 0.6) is 0 Å². The Morgan fingerprint density at radius 2 is 1.63 bits per heavy atom. The molecule has 2 amide bonds. The standard InChI is InChI=1S/C21H26N2O3S/c1-5-19(27(25,26)18-13-11-15(2)12-14-18)23-20(16(3)22(4)21(23)24)17-9-7-6-8-10-17/h6-14,16,19-20H,5H2,1-4H3. The molecule has 0 radical (unpaired) electrons. The van der Waals surface area contributed by atoms with Gasteiger partial charge >= 0.3 is 6.03 Å². The molecule has 6 heteroatoms. The fourth-order valence-corrected chi connectivity index (χ4v) is 5.55. The second-order valence-electron chi connectivity index (χ2n) is 7.12. The quantitative estimate of drug-likeness (QED) is 0.780. The second kappa shape index (κ2) is 7.35. The number of nitrogens with zero attached hydrogens (tertiary/aromatic N) is 2. The molecule has 1 aliphatic rings. The van der Waals surface area contributed by atoms with Crippen molar-refractivity contribution in [3.63, 3.8) is 0 Å². The van der Waals surface area contributed by atoms with Crippen LogP contribution >= 0.6 is 0 Å². The summed E-state index contributed by atoms with van der Waals surface area (Å²) < 4.78 is 26.8. The Morgan fingerprint density at radius 1 is 1.04 bits per heavy atom. The second-order valence-corrected chi connectivity index (χ2v) is 9.22. The average molecular weight is 387 g/mol. The summed E-state index contributed by atoms with van der Waals surface area (Å²) in [6, 6.07) is 15.8. The minimum absolute atomic E-state index is 0.123. The molecule has 0 spiro atoms.